The van der Waals surface area contributed by atoms with Crippen LogP contribution < -0.4 is 0 Å². The molecule has 0 aromatic heterocycles. The van der Waals surface area contributed by atoms with Crippen LogP contribution in [0.15, 0.2) is 12.1 Å². The summed E-state index contributed by atoms with van der Waals surface area (Å²) in [6.45, 7) is 8.01. The molecule has 1 aromatic rings. The molecule has 2 atom stereocenters. The lowest BCUT2D eigenvalue weighted by atomic mass is 9.49. The Hall–Kier alpha value is -1.84. The van der Waals surface area contributed by atoms with E-state index in [4.69, 9.17) is 0 Å². The zero-order valence-electron chi connectivity index (χ0n) is 14.8. The van der Waals surface area contributed by atoms with Crippen LogP contribution >= 0.6 is 0 Å². The number of ketones is 1. The molecule has 4 nitrogen and oxygen atoms in total. The van der Waals surface area contributed by atoms with E-state index in [0.29, 0.717) is 12.0 Å². The Morgan fingerprint density at radius 2 is 1.92 bits per heavy atom. The van der Waals surface area contributed by atoms with E-state index in [2.05, 4.69) is 0 Å². The van der Waals surface area contributed by atoms with Crippen molar-refractivity contribution in [2.75, 3.05) is 0 Å². The quantitative estimate of drug-likeness (QED) is 0.865. The van der Waals surface area contributed by atoms with Crippen molar-refractivity contribution in [1.29, 1.82) is 0 Å². The molecule has 0 radical (unpaired) electrons. The monoisotopic (exact) mass is 330 g/mol. The highest BCUT2D eigenvalue weighted by Gasteiger charge is 2.59. The lowest BCUT2D eigenvalue weighted by molar-refractivity contribution is -0.157. The molecule has 2 aliphatic carbocycles. The second kappa shape index (κ2) is 5.33. The summed E-state index contributed by atoms with van der Waals surface area (Å²) in [5.74, 6) is -0.735. The van der Waals surface area contributed by atoms with Gasteiger partial charge in [0.25, 0.3) is 0 Å². The highest BCUT2D eigenvalue weighted by molar-refractivity contribution is 5.93. The molecule has 0 unspecified atom stereocenters. The van der Waals surface area contributed by atoms with E-state index in [9.17, 15) is 19.8 Å². The molecule has 0 heterocycles. The number of hydrogen-bond acceptors (Lipinski definition) is 3. The average Bonchev–Trinajstić information content (AvgIpc) is 2.44. The summed E-state index contributed by atoms with van der Waals surface area (Å²) in [7, 11) is 0. The predicted molar refractivity (Wildman–Crippen MR) is 91.3 cm³/mol. The maximum atomic E-state index is 12.4. The van der Waals surface area contributed by atoms with E-state index in [1.807, 2.05) is 33.8 Å². The molecule has 1 saturated carbocycles. The molecular weight excluding hydrogens is 304 g/mol. The molecule has 2 N–H and O–H groups in total. The van der Waals surface area contributed by atoms with E-state index in [1.165, 1.54) is 0 Å². The van der Waals surface area contributed by atoms with Crippen molar-refractivity contribution >= 4 is 11.8 Å². The van der Waals surface area contributed by atoms with Gasteiger partial charge in [-0.2, -0.15) is 0 Å². The van der Waals surface area contributed by atoms with E-state index in [1.54, 1.807) is 6.07 Å². The smallest absolute Gasteiger partial charge is 0.314 e. The van der Waals surface area contributed by atoms with Crippen molar-refractivity contribution in [3.05, 3.63) is 28.8 Å². The van der Waals surface area contributed by atoms with Crippen molar-refractivity contribution in [2.45, 2.75) is 64.7 Å². The summed E-state index contributed by atoms with van der Waals surface area (Å²) in [6, 6.07) is 3.57. The summed E-state index contributed by atoms with van der Waals surface area (Å²) in [5.41, 5.74) is 0.904. The van der Waals surface area contributed by atoms with Crippen LogP contribution in [0.1, 0.15) is 69.6 Å². The van der Waals surface area contributed by atoms with Crippen molar-refractivity contribution in [1.82, 2.24) is 0 Å². The number of carboxylic acids is 1. The molecular formula is C20H26O4. The lowest BCUT2D eigenvalue weighted by Gasteiger charge is -2.52. The normalized spacial score (nSPS) is 28.4. The Bertz CT molecular complexity index is 717. The van der Waals surface area contributed by atoms with Gasteiger partial charge >= 0.3 is 5.97 Å². The van der Waals surface area contributed by atoms with Gasteiger partial charge in [-0.3, -0.25) is 9.59 Å². The first-order valence-electron chi connectivity index (χ1n) is 8.71. The first-order valence-corrected chi connectivity index (χ1v) is 8.71. The number of carbonyl (C=O) groups excluding carboxylic acids is 1. The first kappa shape index (κ1) is 17.0. The van der Waals surface area contributed by atoms with Gasteiger partial charge in [0, 0.05) is 12.8 Å². The van der Waals surface area contributed by atoms with Crippen LogP contribution in [-0.4, -0.2) is 22.0 Å². The van der Waals surface area contributed by atoms with Crippen LogP contribution in [-0.2, 0) is 21.4 Å². The number of rotatable bonds is 2. The molecule has 2 aliphatic rings. The Labute approximate surface area is 142 Å². The fraction of sp³-hybridized carbons (Fsp3) is 0.600. The predicted octanol–water partition coefficient (Wildman–Crippen LogP) is 3.79. The Kier molecular flexibility index (Phi) is 3.78. The summed E-state index contributed by atoms with van der Waals surface area (Å²) in [5, 5.41) is 20.6. The van der Waals surface area contributed by atoms with Gasteiger partial charge in [-0.25, -0.2) is 0 Å². The van der Waals surface area contributed by atoms with Crippen molar-refractivity contribution in [2.24, 2.45) is 11.3 Å². The highest BCUT2D eigenvalue weighted by atomic mass is 16.4. The maximum absolute atomic E-state index is 12.4. The molecule has 3 rings (SSSR count). The standard InChI is InChI=1S/C20H26O4/c1-11(2)14-7-12-5-6-17-19(3,4)9-13(21)10-20(17,18(23)24)15(12)8-16(14)22/h7-8,11,17,22H,5-6,9-10H2,1-4H3,(H,23,24)/t17-,20-/m1/s1. The molecule has 1 aromatic carbocycles. The summed E-state index contributed by atoms with van der Waals surface area (Å²) < 4.78 is 0. The van der Waals surface area contributed by atoms with Gasteiger partial charge in [0.05, 0.1) is 0 Å². The Morgan fingerprint density at radius 1 is 1.25 bits per heavy atom. The van der Waals surface area contributed by atoms with Gasteiger partial charge in [0.15, 0.2) is 0 Å². The fourth-order valence-corrected chi connectivity index (χ4v) is 5.09. The Balaban J connectivity index is 2.27. The van der Waals surface area contributed by atoms with Gasteiger partial charge in [-0.15, -0.1) is 0 Å². The highest BCUT2D eigenvalue weighted by Crippen LogP contribution is 2.57. The molecule has 0 saturated heterocycles. The summed E-state index contributed by atoms with van der Waals surface area (Å²) >= 11 is 0. The van der Waals surface area contributed by atoms with Gasteiger partial charge in [0.1, 0.15) is 16.9 Å². The topological polar surface area (TPSA) is 74.6 Å². The fourth-order valence-electron chi connectivity index (χ4n) is 5.09. The largest absolute Gasteiger partial charge is 0.508 e. The maximum Gasteiger partial charge on any atom is 0.314 e. The number of aryl methyl sites for hydroxylation is 1. The zero-order valence-corrected chi connectivity index (χ0v) is 14.8. The minimum Gasteiger partial charge on any atom is -0.508 e. The first-order chi connectivity index (χ1) is 11.1. The number of hydrogen-bond donors (Lipinski definition) is 2. The second-order valence-corrected chi connectivity index (χ2v) is 8.47. The number of phenols is 1. The molecule has 4 heteroatoms. The number of aromatic hydroxyl groups is 1. The third-order valence-corrected chi connectivity index (χ3v) is 6.11. The van der Waals surface area contributed by atoms with Crippen molar-refractivity contribution in [3.8, 4) is 5.75 Å². The van der Waals surface area contributed by atoms with Gasteiger partial charge in [0.2, 0.25) is 0 Å². The number of benzene rings is 1. The molecule has 0 bridgehead atoms. The van der Waals surface area contributed by atoms with Crippen molar-refractivity contribution in [3.63, 3.8) is 0 Å². The third-order valence-electron chi connectivity index (χ3n) is 6.11. The van der Waals surface area contributed by atoms with Gasteiger partial charge in [-0.1, -0.05) is 33.8 Å². The molecule has 24 heavy (non-hydrogen) atoms. The molecule has 130 valence electrons. The molecule has 0 amide bonds. The van der Waals surface area contributed by atoms with Crippen LogP contribution in [0.25, 0.3) is 0 Å². The van der Waals surface area contributed by atoms with E-state index in [0.717, 1.165) is 24.0 Å². The van der Waals surface area contributed by atoms with Crippen LogP contribution in [0, 0.1) is 11.3 Å². The summed E-state index contributed by atoms with van der Waals surface area (Å²) in [4.78, 5) is 24.8. The van der Waals surface area contributed by atoms with E-state index < -0.39 is 11.4 Å². The van der Waals surface area contributed by atoms with Gasteiger partial charge in [-0.05, 0) is 52.8 Å². The molecule has 1 fully saturated rings. The number of phenolic OH excluding ortho intramolecular Hbond substituents is 1. The van der Waals surface area contributed by atoms with Crippen LogP contribution in [0.2, 0.25) is 0 Å². The van der Waals surface area contributed by atoms with Crippen LogP contribution in [0.3, 0.4) is 0 Å². The SMILES string of the molecule is CC(C)c1cc2c(cc1O)[C@]1(C(=O)O)CC(=O)CC(C)(C)[C@H]1CC2. The lowest BCUT2D eigenvalue weighted by Crippen LogP contribution is -2.56. The average molecular weight is 330 g/mol. The van der Waals surface area contributed by atoms with Crippen molar-refractivity contribution < 1.29 is 19.8 Å². The van der Waals surface area contributed by atoms with Crippen LogP contribution in [0.4, 0.5) is 0 Å². The minimum absolute atomic E-state index is 0.000995. The number of aliphatic carboxylic acids is 1. The van der Waals surface area contributed by atoms with Gasteiger partial charge < -0.3 is 10.2 Å². The summed E-state index contributed by atoms with van der Waals surface area (Å²) in [6.07, 6.45) is 2.02. The number of carboxylic acid groups (broad SMARTS) is 1. The second-order valence-electron chi connectivity index (χ2n) is 8.47. The zero-order chi connectivity index (χ0) is 17.9. The minimum atomic E-state index is -1.21. The van der Waals surface area contributed by atoms with E-state index >= 15 is 0 Å². The number of Topliss-reactive ketones (excluding diaryl/α,β-unsaturated/α-hetero) is 1. The molecule has 0 aliphatic heterocycles. The molecule has 0 spiro atoms. The Morgan fingerprint density at radius 3 is 2.50 bits per heavy atom. The van der Waals surface area contributed by atoms with E-state index in [-0.39, 0.29) is 35.2 Å². The number of fused-ring (bicyclic) bond motifs is 3. The van der Waals surface area contributed by atoms with Crippen LogP contribution in [0.5, 0.6) is 5.75 Å². The third kappa shape index (κ3) is 2.27. The number of carbonyl (C=O) groups is 2.